The summed E-state index contributed by atoms with van der Waals surface area (Å²) in [6.45, 7) is 3.20. The van der Waals surface area contributed by atoms with Crippen LogP contribution in [0.25, 0.3) is 0 Å². The van der Waals surface area contributed by atoms with Crippen molar-refractivity contribution in [2.45, 2.75) is 13.3 Å². The Kier molecular flexibility index (Phi) is 4.55. The number of carbonyl (C=O) groups excluding carboxylic acids is 1. The second kappa shape index (κ2) is 6.58. The van der Waals surface area contributed by atoms with Crippen molar-refractivity contribution in [3.8, 4) is 0 Å². The van der Waals surface area contributed by atoms with Gasteiger partial charge in [0.2, 0.25) is 0 Å². The minimum atomic E-state index is -0.166. The summed E-state index contributed by atoms with van der Waals surface area (Å²) in [7, 11) is 0. The Labute approximate surface area is 112 Å². The maximum Gasteiger partial charge on any atom is 0.287 e. The van der Waals surface area contributed by atoms with Crippen molar-refractivity contribution in [3.05, 3.63) is 48.0 Å². The van der Waals surface area contributed by atoms with E-state index in [1.165, 1.54) is 6.26 Å². The number of nitrogens with zero attached hydrogens (tertiary/aromatic N) is 1. The maximum atomic E-state index is 11.7. The number of hydrogen-bond acceptors (Lipinski definition) is 4. The van der Waals surface area contributed by atoms with E-state index in [0.717, 1.165) is 24.3 Å². The molecule has 0 fully saturated rings. The van der Waals surface area contributed by atoms with Crippen molar-refractivity contribution in [3.63, 3.8) is 0 Å². The van der Waals surface area contributed by atoms with Crippen molar-refractivity contribution in [2.24, 2.45) is 0 Å². The number of amides is 1. The second-order valence-corrected chi connectivity index (χ2v) is 4.18. The highest BCUT2D eigenvalue weighted by Gasteiger charge is 2.11. The third-order valence-electron chi connectivity index (χ3n) is 2.68. The molecule has 2 N–H and O–H groups in total. The van der Waals surface area contributed by atoms with Gasteiger partial charge in [-0.15, -0.1) is 0 Å². The van der Waals surface area contributed by atoms with Crippen molar-refractivity contribution in [1.82, 2.24) is 10.3 Å². The quantitative estimate of drug-likeness (QED) is 0.780. The first kappa shape index (κ1) is 13.1. The van der Waals surface area contributed by atoms with E-state index in [1.807, 2.05) is 25.1 Å². The molecular weight excluding hydrogens is 242 g/mol. The fourth-order valence-corrected chi connectivity index (χ4v) is 1.66. The standard InChI is InChI=1S/C14H17N3O2/c1-11-6-10-19-13(11)14(18)17-9-4-8-16-12-5-2-3-7-15-12/h2-3,5-7,10H,4,8-9H2,1H3,(H,15,16)(H,17,18). The Bertz CT molecular complexity index is 522. The summed E-state index contributed by atoms with van der Waals surface area (Å²) in [4.78, 5) is 15.9. The molecule has 0 aromatic carbocycles. The minimum absolute atomic E-state index is 0.166. The van der Waals surface area contributed by atoms with Gasteiger partial charge in [-0.05, 0) is 31.5 Å². The summed E-state index contributed by atoms with van der Waals surface area (Å²) in [5.41, 5.74) is 0.851. The number of anilines is 1. The van der Waals surface area contributed by atoms with Crippen LogP contribution in [0.3, 0.4) is 0 Å². The van der Waals surface area contributed by atoms with E-state index in [1.54, 1.807) is 12.3 Å². The molecule has 0 saturated heterocycles. The molecule has 2 aromatic rings. The Morgan fingerprint density at radius 2 is 2.21 bits per heavy atom. The summed E-state index contributed by atoms with van der Waals surface area (Å²) >= 11 is 0. The minimum Gasteiger partial charge on any atom is -0.459 e. The number of furan rings is 1. The zero-order valence-corrected chi connectivity index (χ0v) is 10.8. The molecule has 5 nitrogen and oxygen atoms in total. The lowest BCUT2D eigenvalue weighted by atomic mass is 10.2. The smallest absolute Gasteiger partial charge is 0.287 e. The highest BCUT2D eigenvalue weighted by molar-refractivity contribution is 5.92. The van der Waals surface area contributed by atoms with Crippen molar-refractivity contribution >= 4 is 11.7 Å². The lowest BCUT2D eigenvalue weighted by molar-refractivity contribution is 0.0925. The zero-order valence-electron chi connectivity index (χ0n) is 10.8. The van der Waals surface area contributed by atoms with Gasteiger partial charge in [-0.25, -0.2) is 4.98 Å². The Balaban J connectivity index is 1.65. The molecule has 0 radical (unpaired) electrons. The summed E-state index contributed by atoms with van der Waals surface area (Å²) in [5, 5.41) is 6.00. The molecule has 0 aliphatic carbocycles. The normalized spacial score (nSPS) is 10.2. The molecule has 0 atom stereocenters. The van der Waals surface area contributed by atoms with Gasteiger partial charge in [0.15, 0.2) is 5.76 Å². The van der Waals surface area contributed by atoms with Crippen LogP contribution in [0.2, 0.25) is 0 Å². The largest absolute Gasteiger partial charge is 0.459 e. The first-order valence-electron chi connectivity index (χ1n) is 6.24. The van der Waals surface area contributed by atoms with Crippen LogP contribution in [0.5, 0.6) is 0 Å². The second-order valence-electron chi connectivity index (χ2n) is 4.18. The van der Waals surface area contributed by atoms with Crippen LogP contribution in [0.15, 0.2) is 41.1 Å². The molecule has 2 aromatic heterocycles. The van der Waals surface area contributed by atoms with Gasteiger partial charge < -0.3 is 15.1 Å². The van der Waals surface area contributed by atoms with Gasteiger partial charge in [0.1, 0.15) is 5.82 Å². The van der Waals surface area contributed by atoms with E-state index in [-0.39, 0.29) is 5.91 Å². The molecule has 0 aliphatic heterocycles. The van der Waals surface area contributed by atoms with Crippen LogP contribution in [0, 0.1) is 6.92 Å². The summed E-state index contributed by atoms with van der Waals surface area (Å²) in [5.74, 6) is 1.06. The fourth-order valence-electron chi connectivity index (χ4n) is 1.66. The monoisotopic (exact) mass is 259 g/mol. The topological polar surface area (TPSA) is 67.2 Å². The van der Waals surface area contributed by atoms with Gasteiger partial charge >= 0.3 is 0 Å². The number of hydrogen-bond donors (Lipinski definition) is 2. The van der Waals surface area contributed by atoms with E-state index < -0.39 is 0 Å². The van der Waals surface area contributed by atoms with Gasteiger partial charge in [-0.2, -0.15) is 0 Å². The zero-order chi connectivity index (χ0) is 13.5. The summed E-state index contributed by atoms with van der Waals surface area (Å²) in [6, 6.07) is 7.48. The van der Waals surface area contributed by atoms with Crippen LogP contribution in [0.1, 0.15) is 22.5 Å². The van der Waals surface area contributed by atoms with Crippen LogP contribution in [-0.4, -0.2) is 24.0 Å². The van der Waals surface area contributed by atoms with Crippen LogP contribution >= 0.6 is 0 Å². The molecule has 1 amide bonds. The number of carbonyl (C=O) groups is 1. The number of rotatable bonds is 6. The number of aromatic nitrogens is 1. The van der Waals surface area contributed by atoms with E-state index >= 15 is 0 Å². The number of pyridine rings is 1. The SMILES string of the molecule is Cc1ccoc1C(=O)NCCCNc1ccccn1. The van der Waals surface area contributed by atoms with Gasteiger partial charge in [0, 0.05) is 24.8 Å². The molecule has 100 valence electrons. The molecule has 0 spiro atoms. The fraction of sp³-hybridized carbons (Fsp3) is 0.286. The Hall–Kier alpha value is -2.30. The highest BCUT2D eigenvalue weighted by Crippen LogP contribution is 2.07. The van der Waals surface area contributed by atoms with Gasteiger partial charge in [-0.3, -0.25) is 4.79 Å². The molecule has 19 heavy (non-hydrogen) atoms. The van der Waals surface area contributed by atoms with Crippen LogP contribution in [0.4, 0.5) is 5.82 Å². The van der Waals surface area contributed by atoms with Crippen LogP contribution in [-0.2, 0) is 0 Å². The summed E-state index contributed by atoms with van der Waals surface area (Å²) in [6.07, 6.45) is 4.08. The Morgan fingerprint density at radius 1 is 1.32 bits per heavy atom. The molecule has 2 rings (SSSR count). The predicted molar refractivity (Wildman–Crippen MR) is 73.1 cm³/mol. The molecule has 2 heterocycles. The lowest BCUT2D eigenvalue weighted by Crippen LogP contribution is -2.26. The molecule has 0 unspecified atom stereocenters. The maximum absolute atomic E-state index is 11.7. The first-order chi connectivity index (χ1) is 9.27. The van der Waals surface area contributed by atoms with E-state index in [9.17, 15) is 4.79 Å². The van der Waals surface area contributed by atoms with E-state index in [0.29, 0.717) is 12.3 Å². The van der Waals surface area contributed by atoms with E-state index in [4.69, 9.17) is 4.42 Å². The summed E-state index contributed by atoms with van der Waals surface area (Å²) < 4.78 is 5.11. The molecular formula is C14H17N3O2. The van der Waals surface area contributed by atoms with Crippen molar-refractivity contribution < 1.29 is 9.21 Å². The average Bonchev–Trinajstić information content (AvgIpc) is 2.86. The third-order valence-corrected chi connectivity index (χ3v) is 2.68. The molecule has 5 heteroatoms. The number of nitrogens with one attached hydrogen (secondary N) is 2. The molecule has 0 aliphatic rings. The average molecular weight is 259 g/mol. The first-order valence-corrected chi connectivity index (χ1v) is 6.24. The predicted octanol–water partition coefficient (Wildman–Crippen LogP) is 2.22. The molecule has 0 saturated carbocycles. The van der Waals surface area contributed by atoms with Gasteiger partial charge in [0.05, 0.1) is 6.26 Å². The van der Waals surface area contributed by atoms with Crippen molar-refractivity contribution in [2.75, 3.05) is 18.4 Å². The third kappa shape index (κ3) is 3.84. The molecule has 0 bridgehead atoms. The number of aryl methyl sites for hydroxylation is 1. The van der Waals surface area contributed by atoms with E-state index in [2.05, 4.69) is 15.6 Å². The van der Waals surface area contributed by atoms with Gasteiger partial charge in [0.25, 0.3) is 5.91 Å². The lowest BCUT2D eigenvalue weighted by Gasteiger charge is -2.06. The Morgan fingerprint density at radius 3 is 2.89 bits per heavy atom. The van der Waals surface area contributed by atoms with Crippen LogP contribution < -0.4 is 10.6 Å². The van der Waals surface area contributed by atoms with Gasteiger partial charge in [-0.1, -0.05) is 6.07 Å². The van der Waals surface area contributed by atoms with Crippen molar-refractivity contribution in [1.29, 1.82) is 0 Å². The highest BCUT2D eigenvalue weighted by atomic mass is 16.3.